The number of thioether (sulfide) groups is 1. The average Bonchev–Trinajstić information content (AvgIpc) is 2.36. The van der Waals surface area contributed by atoms with Crippen molar-refractivity contribution in [2.75, 3.05) is 20.0 Å². The van der Waals surface area contributed by atoms with Crippen molar-refractivity contribution < 1.29 is 9.84 Å². The van der Waals surface area contributed by atoms with Crippen molar-refractivity contribution in [3.63, 3.8) is 0 Å². The van der Waals surface area contributed by atoms with E-state index in [9.17, 15) is 0 Å². The number of aliphatic hydroxyl groups is 1. The van der Waals surface area contributed by atoms with E-state index >= 15 is 0 Å². The van der Waals surface area contributed by atoms with Crippen LogP contribution in [0, 0.1) is 0 Å². The Hall–Kier alpha value is -0.710. The van der Waals surface area contributed by atoms with Gasteiger partial charge in [0.05, 0.1) is 7.11 Å². The van der Waals surface area contributed by atoms with E-state index in [1.165, 1.54) is 5.56 Å². The molecule has 0 radical (unpaired) electrons. The third kappa shape index (κ3) is 4.58. The molecular weight excluding hydrogens is 234 g/mol. The molecule has 1 aromatic rings. The van der Waals surface area contributed by atoms with Gasteiger partial charge in [0.25, 0.3) is 0 Å². The summed E-state index contributed by atoms with van der Waals surface area (Å²) in [6, 6.07) is 6.54. The van der Waals surface area contributed by atoms with Crippen molar-refractivity contribution in [1.29, 1.82) is 0 Å². The Balaban J connectivity index is 2.60. The van der Waals surface area contributed by atoms with Crippen LogP contribution in [0.1, 0.15) is 18.9 Å². The molecule has 1 rings (SSSR count). The Bertz CT molecular complexity index is 344. The highest BCUT2D eigenvalue weighted by atomic mass is 32.2. The van der Waals surface area contributed by atoms with Crippen LogP contribution in [-0.2, 0) is 6.54 Å². The molecule has 17 heavy (non-hydrogen) atoms. The van der Waals surface area contributed by atoms with Gasteiger partial charge in [0.1, 0.15) is 5.75 Å². The molecule has 0 bridgehead atoms. The average molecular weight is 255 g/mol. The normalized spacial score (nSPS) is 12.5. The van der Waals surface area contributed by atoms with Gasteiger partial charge in [-0.1, -0.05) is 6.07 Å². The molecule has 0 amide bonds. The topological polar surface area (TPSA) is 41.5 Å². The van der Waals surface area contributed by atoms with Crippen molar-refractivity contribution in [3.8, 4) is 5.75 Å². The molecule has 0 aliphatic rings. The van der Waals surface area contributed by atoms with Crippen LogP contribution in [-0.4, -0.2) is 31.1 Å². The lowest BCUT2D eigenvalue weighted by molar-refractivity contribution is 0.268. The van der Waals surface area contributed by atoms with Gasteiger partial charge in [-0.15, -0.1) is 11.8 Å². The van der Waals surface area contributed by atoms with Gasteiger partial charge in [-0.05, 0) is 37.3 Å². The fourth-order valence-electron chi connectivity index (χ4n) is 1.58. The summed E-state index contributed by atoms with van der Waals surface area (Å²) in [5.74, 6) is 0.921. The summed E-state index contributed by atoms with van der Waals surface area (Å²) in [5, 5.41) is 12.2. The minimum atomic E-state index is 0.229. The molecule has 0 saturated carbocycles. The predicted molar refractivity (Wildman–Crippen MR) is 72.8 cm³/mol. The molecule has 0 heterocycles. The highest BCUT2D eigenvalue weighted by molar-refractivity contribution is 7.98. The molecule has 0 aliphatic carbocycles. The van der Waals surface area contributed by atoms with E-state index < -0.39 is 0 Å². The summed E-state index contributed by atoms with van der Waals surface area (Å²) < 4.78 is 5.28. The Labute approximate surface area is 108 Å². The number of ether oxygens (including phenoxy) is 1. The lowest BCUT2D eigenvalue weighted by Crippen LogP contribution is -2.26. The number of nitrogens with one attached hydrogen (secondary N) is 1. The number of rotatable bonds is 7. The molecule has 0 aliphatic heterocycles. The van der Waals surface area contributed by atoms with Crippen LogP contribution < -0.4 is 10.1 Å². The van der Waals surface area contributed by atoms with Crippen LogP contribution in [0.3, 0.4) is 0 Å². The van der Waals surface area contributed by atoms with Crippen molar-refractivity contribution in [3.05, 3.63) is 23.8 Å². The Morgan fingerprint density at radius 1 is 1.47 bits per heavy atom. The molecule has 0 spiro atoms. The molecule has 0 fully saturated rings. The first-order valence-corrected chi connectivity index (χ1v) is 6.99. The smallest absolute Gasteiger partial charge is 0.132 e. The van der Waals surface area contributed by atoms with Gasteiger partial charge in [0.15, 0.2) is 0 Å². The van der Waals surface area contributed by atoms with Gasteiger partial charge >= 0.3 is 0 Å². The van der Waals surface area contributed by atoms with Gasteiger partial charge in [0.2, 0.25) is 0 Å². The predicted octanol–water partition coefficient (Wildman–Crippen LogP) is 2.28. The highest BCUT2D eigenvalue weighted by Gasteiger charge is 2.05. The summed E-state index contributed by atoms with van der Waals surface area (Å²) in [7, 11) is 1.69. The Morgan fingerprint density at radius 3 is 2.82 bits per heavy atom. The largest absolute Gasteiger partial charge is 0.496 e. The third-order valence-corrected chi connectivity index (χ3v) is 3.42. The molecule has 2 N–H and O–H groups in total. The number of hydrogen-bond acceptors (Lipinski definition) is 4. The zero-order valence-electron chi connectivity index (χ0n) is 10.7. The quantitative estimate of drug-likeness (QED) is 0.734. The monoisotopic (exact) mass is 255 g/mol. The highest BCUT2D eigenvalue weighted by Crippen LogP contribution is 2.28. The van der Waals surface area contributed by atoms with Crippen LogP contribution in [0.15, 0.2) is 23.1 Å². The molecule has 0 saturated heterocycles. The van der Waals surface area contributed by atoms with Gasteiger partial charge in [-0.2, -0.15) is 0 Å². The molecule has 96 valence electrons. The van der Waals surface area contributed by atoms with E-state index in [0.717, 1.165) is 23.6 Å². The number of benzene rings is 1. The fourth-order valence-corrected chi connectivity index (χ4v) is 2.20. The number of aliphatic hydroxyl groups excluding tert-OH is 1. The first-order valence-electron chi connectivity index (χ1n) is 5.76. The standard InChI is InChI=1S/C13H21NO2S/c1-10(6-7-15)14-9-11-4-5-12(16-2)13(8-11)17-3/h4-5,8,10,14-15H,6-7,9H2,1-3H3. The van der Waals surface area contributed by atoms with Crippen LogP contribution in [0.4, 0.5) is 0 Å². The summed E-state index contributed by atoms with van der Waals surface area (Å²) in [6.07, 6.45) is 2.83. The zero-order chi connectivity index (χ0) is 12.7. The fraction of sp³-hybridized carbons (Fsp3) is 0.538. The second-order valence-corrected chi connectivity index (χ2v) is 4.83. The SMILES string of the molecule is COc1ccc(CNC(C)CCO)cc1SC. The molecule has 3 nitrogen and oxygen atoms in total. The summed E-state index contributed by atoms with van der Waals surface area (Å²) in [5.41, 5.74) is 1.24. The molecule has 1 unspecified atom stereocenters. The first kappa shape index (κ1) is 14.4. The van der Waals surface area contributed by atoms with E-state index in [0.29, 0.717) is 6.04 Å². The lowest BCUT2D eigenvalue weighted by atomic mass is 10.2. The minimum Gasteiger partial charge on any atom is -0.496 e. The van der Waals surface area contributed by atoms with Crippen molar-refractivity contribution in [1.82, 2.24) is 5.32 Å². The maximum absolute atomic E-state index is 8.82. The summed E-state index contributed by atoms with van der Waals surface area (Å²) in [4.78, 5) is 1.15. The van der Waals surface area contributed by atoms with Crippen LogP contribution >= 0.6 is 11.8 Å². The maximum Gasteiger partial charge on any atom is 0.132 e. The molecule has 0 aromatic heterocycles. The Morgan fingerprint density at radius 2 is 2.24 bits per heavy atom. The molecular formula is C13H21NO2S. The molecule has 1 aromatic carbocycles. The van der Waals surface area contributed by atoms with Crippen molar-refractivity contribution in [2.45, 2.75) is 30.8 Å². The second kappa shape index (κ2) is 7.58. The van der Waals surface area contributed by atoms with Gasteiger partial charge in [0, 0.05) is 24.1 Å². The minimum absolute atomic E-state index is 0.229. The number of hydrogen-bond donors (Lipinski definition) is 2. The van der Waals surface area contributed by atoms with Gasteiger partial charge in [-0.25, -0.2) is 0 Å². The van der Waals surface area contributed by atoms with Gasteiger partial charge in [-0.3, -0.25) is 0 Å². The van der Waals surface area contributed by atoms with Crippen LogP contribution in [0.5, 0.6) is 5.75 Å². The molecule has 1 atom stereocenters. The second-order valence-electron chi connectivity index (χ2n) is 3.98. The van der Waals surface area contributed by atoms with Crippen LogP contribution in [0.25, 0.3) is 0 Å². The van der Waals surface area contributed by atoms with E-state index in [1.807, 2.05) is 12.3 Å². The number of methoxy groups -OCH3 is 1. The summed E-state index contributed by atoms with van der Waals surface area (Å²) >= 11 is 1.69. The van der Waals surface area contributed by atoms with E-state index in [4.69, 9.17) is 9.84 Å². The third-order valence-electron chi connectivity index (χ3n) is 2.66. The Kier molecular flexibility index (Phi) is 6.40. The first-order chi connectivity index (χ1) is 8.21. The van der Waals surface area contributed by atoms with E-state index in [2.05, 4.69) is 24.4 Å². The molecule has 4 heteroatoms. The maximum atomic E-state index is 8.82. The van der Waals surface area contributed by atoms with Crippen LogP contribution in [0.2, 0.25) is 0 Å². The van der Waals surface area contributed by atoms with E-state index in [1.54, 1.807) is 18.9 Å². The van der Waals surface area contributed by atoms with Crippen molar-refractivity contribution >= 4 is 11.8 Å². The van der Waals surface area contributed by atoms with E-state index in [-0.39, 0.29) is 6.61 Å². The van der Waals surface area contributed by atoms with Gasteiger partial charge < -0.3 is 15.2 Å². The lowest BCUT2D eigenvalue weighted by Gasteiger charge is -2.13. The zero-order valence-corrected chi connectivity index (χ0v) is 11.5. The summed E-state index contributed by atoms with van der Waals surface area (Å²) in [6.45, 7) is 3.13. The van der Waals surface area contributed by atoms with Crippen molar-refractivity contribution in [2.24, 2.45) is 0 Å².